The maximum atomic E-state index is 10.4. The SMILES string of the molecule is OC(Cc1cccc(Cl)c1Cl)c1cc(Cl)c2c(c1)OCO2. The topological polar surface area (TPSA) is 38.7 Å². The number of aliphatic hydroxyl groups is 1. The molecule has 1 aliphatic rings. The number of hydrogen-bond acceptors (Lipinski definition) is 3. The van der Waals surface area contributed by atoms with Crippen molar-refractivity contribution in [2.24, 2.45) is 0 Å². The molecule has 3 rings (SSSR count). The molecule has 110 valence electrons. The Hall–Kier alpha value is -1.13. The minimum atomic E-state index is -0.770. The van der Waals surface area contributed by atoms with Crippen molar-refractivity contribution >= 4 is 34.8 Å². The van der Waals surface area contributed by atoms with Crippen LogP contribution < -0.4 is 9.47 Å². The summed E-state index contributed by atoms with van der Waals surface area (Å²) in [6.45, 7) is 0.134. The highest BCUT2D eigenvalue weighted by Gasteiger charge is 2.21. The van der Waals surface area contributed by atoms with Gasteiger partial charge in [0.2, 0.25) is 6.79 Å². The van der Waals surface area contributed by atoms with E-state index in [1.807, 2.05) is 6.07 Å². The van der Waals surface area contributed by atoms with Crippen LogP contribution in [0.4, 0.5) is 0 Å². The molecular weight excluding hydrogens is 335 g/mol. The molecule has 2 aromatic carbocycles. The van der Waals surface area contributed by atoms with Crippen LogP contribution in [0.25, 0.3) is 0 Å². The van der Waals surface area contributed by atoms with Crippen molar-refractivity contribution < 1.29 is 14.6 Å². The normalized spacial score (nSPS) is 14.3. The van der Waals surface area contributed by atoms with Gasteiger partial charge >= 0.3 is 0 Å². The zero-order valence-electron chi connectivity index (χ0n) is 10.8. The summed E-state index contributed by atoms with van der Waals surface area (Å²) in [6, 6.07) is 8.71. The highest BCUT2D eigenvalue weighted by Crippen LogP contribution is 2.41. The van der Waals surface area contributed by atoms with Gasteiger partial charge in [-0.1, -0.05) is 46.9 Å². The summed E-state index contributed by atoms with van der Waals surface area (Å²) in [5, 5.41) is 11.7. The van der Waals surface area contributed by atoms with Gasteiger partial charge < -0.3 is 14.6 Å². The van der Waals surface area contributed by atoms with Gasteiger partial charge in [-0.2, -0.15) is 0 Å². The lowest BCUT2D eigenvalue weighted by Gasteiger charge is -2.14. The number of aliphatic hydroxyl groups excluding tert-OH is 1. The third-order valence-corrected chi connectivity index (χ3v) is 4.42. The number of benzene rings is 2. The average molecular weight is 346 g/mol. The zero-order valence-corrected chi connectivity index (χ0v) is 13.0. The molecule has 0 aromatic heterocycles. The van der Waals surface area contributed by atoms with E-state index in [-0.39, 0.29) is 6.79 Å². The molecule has 1 heterocycles. The predicted molar refractivity (Wildman–Crippen MR) is 82.7 cm³/mol. The second-order valence-electron chi connectivity index (χ2n) is 4.67. The second kappa shape index (κ2) is 5.93. The highest BCUT2D eigenvalue weighted by molar-refractivity contribution is 6.42. The first-order valence-electron chi connectivity index (χ1n) is 6.26. The average Bonchev–Trinajstić information content (AvgIpc) is 2.92. The summed E-state index contributed by atoms with van der Waals surface area (Å²) in [4.78, 5) is 0. The second-order valence-corrected chi connectivity index (χ2v) is 5.86. The molecule has 6 heteroatoms. The van der Waals surface area contributed by atoms with E-state index in [0.717, 1.165) is 5.56 Å². The van der Waals surface area contributed by atoms with E-state index in [2.05, 4.69) is 0 Å². The van der Waals surface area contributed by atoms with Gasteiger partial charge in [0, 0.05) is 6.42 Å². The molecule has 1 aliphatic heterocycles. The fourth-order valence-corrected chi connectivity index (χ4v) is 2.88. The first-order valence-corrected chi connectivity index (χ1v) is 7.39. The predicted octanol–water partition coefficient (Wildman–Crippen LogP) is 4.65. The highest BCUT2D eigenvalue weighted by atomic mass is 35.5. The smallest absolute Gasteiger partial charge is 0.231 e. The quantitative estimate of drug-likeness (QED) is 0.880. The first-order chi connectivity index (χ1) is 10.1. The summed E-state index contributed by atoms with van der Waals surface area (Å²) < 4.78 is 10.5. The Bertz CT molecular complexity index is 688. The third kappa shape index (κ3) is 2.92. The van der Waals surface area contributed by atoms with Gasteiger partial charge in [-0.25, -0.2) is 0 Å². The number of rotatable bonds is 3. The molecule has 0 radical (unpaired) electrons. The lowest BCUT2D eigenvalue weighted by Crippen LogP contribution is -2.02. The van der Waals surface area contributed by atoms with Gasteiger partial charge in [-0.05, 0) is 29.3 Å². The molecule has 0 bridgehead atoms. The van der Waals surface area contributed by atoms with E-state index >= 15 is 0 Å². The molecule has 0 saturated heterocycles. The van der Waals surface area contributed by atoms with Crippen molar-refractivity contribution in [1.82, 2.24) is 0 Å². The van der Waals surface area contributed by atoms with Crippen LogP contribution in [0.5, 0.6) is 11.5 Å². The standard InChI is InChI=1S/C15H11Cl3O3/c16-10-3-1-2-8(14(10)18)5-12(19)9-4-11(17)15-13(6-9)20-7-21-15/h1-4,6,12,19H,5,7H2. The molecule has 1 unspecified atom stereocenters. The maximum Gasteiger partial charge on any atom is 0.231 e. The number of ether oxygens (including phenoxy) is 2. The summed E-state index contributed by atoms with van der Waals surface area (Å²) in [6.07, 6.45) is -0.442. The van der Waals surface area contributed by atoms with Gasteiger partial charge in [0.1, 0.15) is 0 Å². The Balaban J connectivity index is 1.87. The van der Waals surface area contributed by atoms with Crippen molar-refractivity contribution in [1.29, 1.82) is 0 Å². The van der Waals surface area contributed by atoms with Gasteiger partial charge in [0.15, 0.2) is 11.5 Å². The van der Waals surface area contributed by atoms with Crippen LogP contribution in [0.15, 0.2) is 30.3 Å². The molecule has 0 saturated carbocycles. The molecule has 1 N–H and O–H groups in total. The van der Waals surface area contributed by atoms with Crippen LogP contribution in [0.1, 0.15) is 17.2 Å². The maximum absolute atomic E-state index is 10.4. The van der Waals surface area contributed by atoms with Crippen molar-refractivity contribution in [3.63, 3.8) is 0 Å². The fraction of sp³-hybridized carbons (Fsp3) is 0.200. The van der Waals surface area contributed by atoms with Crippen molar-refractivity contribution in [2.45, 2.75) is 12.5 Å². The van der Waals surface area contributed by atoms with E-state index in [9.17, 15) is 5.11 Å². The van der Waals surface area contributed by atoms with Crippen molar-refractivity contribution in [3.8, 4) is 11.5 Å². The zero-order chi connectivity index (χ0) is 15.0. The van der Waals surface area contributed by atoms with Crippen LogP contribution in [-0.4, -0.2) is 11.9 Å². The Kier molecular flexibility index (Phi) is 4.18. The molecule has 0 fully saturated rings. The first kappa shape index (κ1) is 14.8. The van der Waals surface area contributed by atoms with Crippen LogP contribution in [0.2, 0.25) is 15.1 Å². The van der Waals surface area contributed by atoms with E-state index in [0.29, 0.717) is 38.6 Å². The summed E-state index contributed by atoms with van der Waals surface area (Å²) in [7, 11) is 0. The summed E-state index contributed by atoms with van der Waals surface area (Å²) in [5.41, 5.74) is 1.41. The van der Waals surface area contributed by atoms with Crippen molar-refractivity contribution in [2.75, 3.05) is 6.79 Å². The van der Waals surface area contributed by atoms with Gasteiger partial charge in [0.25, 0.3) is 0 Å². The Labute approximate surface area is 137 Å². The lowest BCUT2D eigenvalue weighted by molar-refractivity contribution is 0.171. The van der Waals surface area contributed by atoms with Crippen molar-refractivity contribution in [3.05, 3.63) is 56.5 Å². The largest absolute Gasteiger partial charge is 0.454 e. The molecule has 3 nitrogen and oxygen atoms in total. The van der Waals surface area contributed by atoms with Crippen LogP contribution in [-0.2, 0) is 6.42 Å². The van der Waals surface area contributed by atoms with Crippen LogP contribution in [0, 0.1) is 0 Å². The Morgan fingerprint density at radius 1 is 1.10 bits per heavy atom. The molecule has 0 aliphatic carbocycles. The van der Waals surface area contributed by atoms with Crippen LogP contribution >= 0.6 is 34.8 Å². The minimum absolute atomic E-state index is 0.134. The van der Waals surface area contributed by atoms with E-state index < -0.39 is 6.10 Å². The molecule has 2 aromatic rings. The summed E-state index contributed by atoms with van der Waals surface area (Å²) >= 11 is 18.2. The van der Waals surface area contributed by atoms with Gasteiger partial charge in [-0.15, -0.1) is 0 Å². The van der Waals surface area contributed by atoms with Crippen LogP contribution in [0.3, 0.4) is 0 Å². The molecular formula is C15H11Cl3O3. The monoisotopic (exact) mass is 344 g/mol. The number of hydrogen-bond donors (Lipinski definition) is 1. The third-order valence-electron chi connectivity index (χ3n) is 3.28. The Morgan fingerprint density at radius 3 is 2.71 bits per heavy atom. The summed E-state index contributed by atoms with van der Waals surface area (Å²) in [5.74, 6) is 1.04. The fourth-order valence-electron chi connectivity index (χ4n) is 2.21. The molecule has 21 heavy (non-hydrogen) atoms. The molecule has 1 atom stereocenters. The van der Waals surface area contributed by atoms with Gasteiger partial charge in [-0.3, -0.25) is 0 Å². The Morgan fingerprint density at radius 2 is 1.90 bits per heavy atom. The van der Waals surface area contributed by atoms with Gasteiger partial charge in [0.05, 0.1) is 21.2 Å². The minimum Gasteiger partial charge on any atom is -0.454 e. The van der Waals surface area contributed by atoms with E-state index in [1.54, 1.807) is 24.3 Å². The molecule has 0 spiro atoms. The lowest BCUT2D eigenvalue weighted by atomic mass is 10.0. The number of halogens is 3. The molecule has 0 amide bonds. The van der Waals surface area contributed by atoms with E-state index in [1.165, 1.54) is 0 Å². The van der Waals surface area contributed by atoms with E-state index in [4.69, 9.17) is 44.3 Å². The number of fused-ring (bicyclic) bond motifs is 1.